The average molecular weight is 261 g/mol. The van der Waals surface area contributed by atoms with Gasteiger partial charge >= 0.3 is 0 Å². The number of nitrogens with zero attached hydrogens (tertiary/aromatic N) is 2. The van der Waals surface area contributed by atoms with Crippen molar-refractivity contribution in [1.29, 1.82) is 5.26 Å². The fourth-order valence-electron chi connectivity index (χ4n) is 1.97. The van der Waals surface area contributed by atoms with E-state index in [-0.39, 0.29) is 0 Å². The molecule has 1 aromatic carbocycles. The van der Waals surface area contributed by atoms with Gasteiger partial charge in [0.2, 0.25) is 0 Å². The smallest absolute Gasteiger partial charge is 0.142 e. The molecule has 0 saturated heterocycles. The first-order chi connectivity index (χ1) is 9.16. The quantitative estimate of drug-likeness (QED) is 0.724. The molecular weight excluding hydrogens is 238 g/mol. The zero-order chi connectivity index (χ0) is 14.1. The molecule has 1 rings (SSSR count). The van der Waals surface area contributed by atoms with Crippen LogP contribution in [0.25, 0.3) is 0 Å². The van der Waals surface area contributed by atoms with Crippen LogP contribution in [0.2, 0.25) is 0 Å². The van der Waals surface area contributed by atoms with Crippen molar-refractivity contribution in [3.63, 3.8) is 0 Å². The molecule has 0 saturated carbocycles. The maximum Gasteiger partial charge on any atom is 0.142 e. The molecule has 0 bridgehead atoms. The van der Waals surface area contributed by atoms with E-state index in [0.717, 1.165) is 18.7 Å². The molecule has 0 aliphatic carbocycles. The van der Waals surface area contributed by atoms with E-state index in [1.54, 1.807) is 0 Å². The molecule has 2 N–H and O–H groups in total. The molecule has 0 aliphatic heterocycles. The third-order valence-electron chi connectivity index (χ3n) is 3.16. The minimum Gasteiger partial charge on any atom is -0.380 e. The summed E-state index contributed by atoms with van der Waals surface area (Å²) in [5.41, 5.74) is 6.14. The second kappa shape index (κ2) is 7.90. The molecule has 1 aromatic rings. The van der Waals surface area contributed by atoms with Crippen molar-refractivity contribution in [3.8, 4) is 6.07 Å². The van der Waals surface area contributed by atoms with Crippen LogP contribution >= 0.6 is 0 Å². The van der Waals surface area contributed by atoms with Gasteiger partial charge in [-0.15, -0.1) is 0 Å². The predicted octanol–water partition coefficient (Wildman–Crippen LogP) is 1.72. The first-order valence-corrected chi connectivity index (χ1v) is 6.72. The van der Waals surface area contributed by atoms with Gasteiger partial charge in [-0.3, -0.25) is 4.90 Å². The summed E-state index contributed by atoms with van der Waals surface area (Å²) in [6.07, 6.45) is 0. The van der Waals surface area contributed by atoms with E-state index in [1.165, 1.54) is 0 Å². The van der Waals surface area contributed by atoms with E-state index in [4.69, 9.17) is 10.5 Å². The van der Waals surface area contributed by atoms with Crippen molar-refractivity contribution in [1.82, 2.24) is 4.90 Å². The van der Waals surface area contributed by atoms with Crippen molar-refractivity contribution in [2.45, 2.75) is 19.4 Å². The van der Waals surface area contributed by atoms with Gasteiger partial charge in [0.25, 0.3) is 0 Å². The zero-order valence-corrected chi connectivity index (χ0v) is 11.8. The van der Waals surface area contributed by atoms with Gasteiger partial charge in [-0.25, -0.2) is 0 Å². The minimum atomic E-state index is -0.969. The first-order valence-electron chi connectivity index (χ1n) is 6.72. The molecule has 0 amide bonds. The van der Waals surface area contributed by atoms with Gasteiger partial charge in [-0.1, -0.05) is 37.3 Å². The van der Waals surface area contributed by atoms with Crippen LogP contribution in [-0.2, 0) is 10.3 Å². The van der Waals surface area contributed by atoms with Crippen LogP contribution in [0.5, 0.6) is 0 Å². The minimum absolute atomic E-state index is 0.511. The van der Waals surface area contributed by atoms with Gasteiger partial charge < -0.3 is 10.5 Å². The van der Waals surface area contributed by atoms with Crippen LogP contribution in [0.3, 0.4) is 0 Å². The number of nitrogens with two attached hydrogens (primary N) is 1. The van der Waals surface area contributed by atoms with Crippen molar-refractivity contribution in [2.75, 3.05) is 32.8 Å². The van der Waals surface area contributed by atoms with Gasteiger partial charge in [0, 0.05) is 19.7 Å². The maximum absolute atomic E-state index is 9.42. The van der Waals surface area contributed by atoms with E-state index in [0.29, 0.717) is 19.8 Å². The number of ether oxygens (including phenoxy) is 1. The summed E-state index contributed by atoms with van der Waals surface area (Å²) in [6, 6.07) is 11.8. The molecule has 1 atom stereocenters. The second-order valence-electron chi connectivity index (χ2n) is 4.51. The summed E-state index contributed by atoms with van der Waals surface area (Å²) in [4.78, 5) is 2.14. The summed E-state index contributed by atoms with van der Waals surface area (Å²) in [5, 5.41) is 9.42. The molecular formula is C15H23N3O. The van der Waals surface area contributed by atoms with Crippen LogP contribution in [0.1, 0.15) is 19.4 Å². The highest BCUT2D eigenvalue weighted by Crippen LogP contribution is 2.18. The molecule has 0 spiro atoms. The lowest BCUT2D eigenvalue weighted by molar-refractivity contribution is 0.109. The van der Waals surface area contributed by atoms with Gasteiger partial charge in [-0.2, -0.15) is 5.26 Å². The standard InChI is InChI=1S/C15H23N3O/c1-3-18(10-11-19-4-2)13-15(17,12-16)14-8-6-5-7-9-14/h5-9H,3-4,10-11,13,17H2,1-2H3. The monoisotopic (exact) mass is 261 g/mol. The maximum atomic E-state index is 9.42. The van der Waals surface area contributed by atoms with E-state index in [1.807, 2.05) is 37.3 Å². The predicted molar refractivity (Wildman–Crippen MR) is 76.5 cm³/mol. The largest absolute Gasteiger partial charge is 0.380 e. The summed E-state index contributed by atoms with van der Waals surface area (Å²) in [5.74, 6) is 0. The number of rotatable bonds is 8. The van der Waals surface area contributed by atoms with Crippen molar-refractivity contribution in [3.05, 3.63) is 35.9 Å². The Labute approximate surface area is 115 Å². The topological polar surface area (TPSA) is 62.3 Å². The molecule has 0 fully saturated rings. The lowest BCUT2D eigenvalue weighted by Crippen LogP contribution is -2.47. The Morgan fingerprint density at radius 1 is 1.32 bits per heavy atom. The third-order valence-corrected chi connectivity index (χ3v) is 3.16. The lowest BCUT2D eigenvalue weighted by atomic mass is 9.92. The van der Waals surface area contributed by atoms with Crippen molar-refractivity contribution in [2.24, 2.45) is 5.73 Å². The molecule has 1 unspecified atom stereocenters. The highest BCUT2D eigenvalue weighted by molar-refractivity contribution is 5.31. The molecule has 4 heteroatoms. The number of benzene rings is 1. The van der Waals surface area contributed by atoms with Crippen LogP contribution in [-0.4, -0.2) is 37.7 Å². The van der Waals surface area contributed by atoms with Crippen molar-refractivity contribution >= 4 is 0 Å². The third kappa shape index (κ3) is 4.64. The molecule has 0 heterocycles. The normalized spacial score (nSPS) is 14.1. The van der Waals surface area contributed by atoms with E-state index >= 15 is 0 Å². The first kappa shape index (κ1) is 15.6. The van der Waals surface area contributed by atoms with Crippen LogP contribution in [0.15, 0.2) is 30.3 Å². The summed E-state index contributed by atoms with van der Waals surface area (Å²) < 4.78 is 5.35. The van der Waals surface area contributed by atoms with E-state index < -0.39 is 5.54 Å². The fourth-order valence-corrected chi connectivity index (χ4v) is 1.97. The second-order valence-corrected chi connectivity index (χ2v) is 4.51. The van der Waals surface area contributed by atoms with Gasteiger partial charge in [0.1, 0.15) is 5.54 Å². The summed E-state index contributed by atoms with van der Waals surface area (Å²) >= 11 is 0. The Morgan fingerprint density at radius 2 is 2.00 bits per heavy atom. The zero-order valence-electron chi connectivity index (χ0n) is 11.8. The molecule has 0 aromatic heterocycles. The van der Waals surface area contributed by atoms with Gasteiger partial charge in [0.15, 0.2) is 0 Å². The molecule has 104 valence electrons. The Hall–Kier alpha value is -1.41. The highest BCUT2D eigenvalue weighted by Gasteiger charge is 2.29. The van der Waals surface area contributed by atoms with E-state index in [2.05, 4.69) is 17.9 Å². The highest BCUT2D eigenvalue weighted by atomic mass is 16.5. The average Bonchev–Trinajstić information content (AvgIpc) is 2.47. The number of nitriles is 1. The van der Waals surface area contributed by atoms with Crippen LogP contribution in [0, 0.1) is 11.3 Å². The molecule has 4 nitrogen and oxygen atoms in total. The molecule has 0 radical (unpaired) electrons. The lowest BCUT2D eigenvalue weighted by Gasteiger charge is -2.30. The Bertz CT molecular complexity index is 402. The van der Waals surface area contributed by atoms with Crippen LogP contribution < -0.4 is 5.73 Å². The number of hydrogen-bond donors (Lipinski definition) is 1. The Balaban J connectivity index is 2.71. The Morgan fingerprint density at radius 3 is 2.53 bits per heavy atom. The van der Waals surface area contributed by atoms with Crippen LogP contribution in [0.4, 0.5) is 0 Å². The number of likely N-dealkylation sites (N-methyl/N-ethyl adjacent to an activating group) is 1. The number of hydrogen-bond acceptors (Lipinski definition) is 4. The van der Waals surface area contributed by atoms with Gasteiger partial charge in [0.05, 0.1) is 12.7 Å². The molecule has 0 aliphatic rings. The summed E-state index contributed by atoms with van der Waals surface area (Å²) in [7, 11) is 0. The summed E-state index contributed by atoms with van der Waals surface area (Å²) in [6.45, 7) is 7.57. The Kier molecular flexibility index (Phi) is 6.51. The molecule has 19 heavy (non-hydrogen) atoms. The van der Waals surface area contributed by atoms with E-state index in [9.17, 15) is 5.26 Å². The van der Waals surface area contributed by atoms with Crippen molar-refractivity contribution < 1.29 is 4.74 Å². The van der Waals surface area contributed by atoms with Gasteiger partial charge in [-0.05, 0) is 19.0 Å². The fraction of sp³-hybridized carbons (Fsp3) is 0.533. The SMILES string of the molecule is CCOCCN(CC)CC(N)(C#N)c1ccccc1.